The molecule has 2 aromatic rings. The van der Waals surface area contributed by atoms with Gasteiger partial charge in [-0.15, -0.1) is 0 Å². The summed E-state index contributed by atoms with van der Waals surface area (Å²) in [6.45, 7) is 4.01. The van der Waals surface area contributed by atoms with Crippen LogP contribution in [0.5, 0.6) is 5.75 Å². The van der Waals surface area contributed by atoms with Gasteiger partial charge in [-0.1, -0.05) is 17.3 Å². The van der Waals surface area contributed by atoms with E-state index in [1.807, 2.05) is 17.0 Å². The zero-order valence-electron chi connectivity index (χ0n) is 13.8. The van der Waals surface area contributed by atoms with Gasteiger partial charge in [0.05, 0.1) is 13.0 Å². The normalized spacial score (nSPS) is 19.9. The number of nitrogens with zero attached hydrogens (tertiary/aromatic N) is 3. The number of aryl methyl sites for hydroxylation is 1. The van der Waals surface area contributed by atoms with Gasteiger partial charge in [0, 0.05) is 32.4 Å². The molecule has 6 nitrogen and oxygen atoms in total. The maximum Gasteiger partial charge on any atom is 0.227 e. The monoisotopic (exact) mass is 327 g/mol. The van der Waals surface area contributed by atoms with Gasteiger partial charge < -0.3 is 14.2 Å². The van der Waals surface area contributed by atoms with Crippen molar-refractivity contribution in [2.45, 2.75) is 38.5 Å². The zero-order chi connectivity index (χ0) is 16.5. The molecule has 0 saturated carbocycles. The van der Waals surface area contributed by atoms with Crippen LogP contribution in [0.3, 0.4) is 0 Å². The van der Waals surface area contributed by atoms with Crippen LogP contribution in [0.15, 0.2) is 22.7 Å². The molecule has 1 atom stereocenters. The predicted octanol–water partition coefficient (Wildman–Crippen LogP) is 2.26. The van der Waals surface area contributed by atoms with Crippen LogP contribution in [0.4, 0.5) is 0 Å². The summed E-state index contributed by atoms with van der Waals surface area (Å²) in [7, 11) is 0. The van der Waals surface area contributed by atoms with Crippen LogP contribution in [0.25, 0.3) is 0 Å². The van der Waals surface area contributed by atoms with Crippen LogP contribution in [-0.4, -0.2) is 40.6 Å². The highest BCUT2D eigenvalue weighted by atomic mass is 16.5. The largest absolute Gasteiger partial charge is 0.493 e. The predicted molar refractivity (Wildman–Crippen MR) is 86.9 cm³/mol. The number of aromatic nitrogens is 2. The van der Waals surface area contributed by atoms with Crippen LogP contribution in [0, 0.1) is 6.92 Å². The lowest BCUT2D eigenvalue weighted by atomic mass is 9.96. The number of fused-ring (bicyclic) bond motifs is 1. The van der Waals surface area contributed by atoms with Gasteiger partial charge in [0.1, 0.15) is 5.75 Å². The summed E-state index contributed by atoms with van der Waals surface area (Å²) in [5.74, 6) is 2.59. The van der Waals surface area contributed by atoms with Crippen molar-refractivity contribution >= 4 is 5.91 Å². The molecule has 4 rings (SSSR count). The number of rotatable bonds is 3. The minimum Gasteiger partial charge on any atom is -0.493 e. The number of hydrogen-bond donors (Lipinski definition) is 0. The third kappa shape index (κ3) is 3.00. The van der Waals surface area contributed by atoms with E-state index in [0.29, 0.717) is 18.9 Å². The Morgan fingerprint density at radius 1 is 1.42 bits per heavy atom. The van der Waals surface area contributed by atoms with Crippen molar-refractivity contribution in [2.24, 2.45) is 0 Å². The maximum absolute atomic E-state index is 12.7. The van der Waals surface area contributed by atoms with E-state index in [9.17, 15) is 4.79 Å². The first-order valence-corrected chi connectivity index (χ1v) is 8.51. The Labute approximate surface area is 140 Å². The Bertz CT molecular complexity index is 756. The summed E-state index contributed by atoms with van der Waals surface area (Å²) in [6.07, 6.45) is 3.34. The van der Waals surface area contributed by atoms with Gasteiger partial charge in [-0.25, -0.2) is 0 Å². The number of amides is 1. The summed E-state index contributed by atoms with van der Waals surface area (Å²) in [4.78, 5) is 18.9. The van der Waals surface area contributed by atoms with Gasteiger partial charge in [0.2, 0.25) is 11.8 Å². The fourth-order valence-corrected chi connectivity index (χ4v) is 3.53. The SMILES string of the molecule is Cc1nc(C2CCCN(C(=O)Cc3ccc4c(c3)CCO4)C2)no1. The number of carbonyl (C=O) groups excluding carboxylic acids is 1. The van der Waals surface area contributed by atoms with Crippen molar-refractivity contribution in [3.63, 3.8) is 0 Å². The molecule has 24 heavy (non-hydrogen) atoms. The van der Waals surface area contributed by atoms with E-state index in [2.05, 4.69) is 16.2 Å². The van der Waals surface area contributed by atoms with E-state index < -0.39 is 0 Å². The van der Waals surface area contributed by atoms with Gasteiger partial charge in [-0.3, -0.25) is 4.79 Å². The van der Waals surface area contributed by atoms with Crippen LogP contribution >= 0.6 is 0 Å². The molecule has 0 aliphatic carbocycles. The molecule has 0 N–H and O–H groups in total. The van der Waals surface area contributed by atoms with Crippen molar-refractivity contribution < 1.29 is 14.1 Å². The van der Waals surface area contributed by atoms with Gasteiger partial charge in [0.15, 0.2) is 5.82 Å². The minimum atomic E-state index is 0.166. The standard InChI is InChI=1S/C18H21N3O3/c1-12-19-18(20-24-12)15-3-2-7-21(11-15)17(22)10-13-4-5-16-14(9-13)6-8-23-16/h4-5,9,15H,2-3,6-8,10-11H2,1H3. The molecule has 1 aromatic heterocycles. The number of ether oxygens (including phenoxy) is 1. The molecule has 1 unspecified atom stereocenters. The Hall–Kier alpha value is -2.37. The lowest BCUT2D eigenvalue weighted by Crippen LogP contribution is -2.40. The summed E-state index contributed by atoms with van der Waals surface area (Å²) < 4.78 is 10.6. The smallest absolute Gasteiger partial charge is 0.227 e. The molecule has 2 aliphatic heterocycles. The maximum atomic E-state index is 12.7. The topological polar surface area (TPSA) is 68.5 Å². The van der Waals surface area contributed by atoms with Crippen molar-refractivity contribution in [2.75, 3.05) is 19.7 Å². The van der Waals surface area contributed by atoms with E-state index in [0.717, 1.165) is 49.6 Å². The van der Waals surface area contributed by atoms with Crippen molar-refractivity contribution in [3.05, 3.63) is 41.0 Å². The molecule has 1 amide bonds. The number of carbonyl (C=O) groups is 1. The summed E-state index contributed by atoms with van der Waals surface area (Å²) >= 11 is 0. The zero-order valence-corrected chi connectivity index (χ0v) is 13.8. The average molecular weight is 327 g/mol. The van der Waals surface area contributed by atoms with Crippen LogP contribution < -0.4 is 4.74 Å². The van der Waals surface area contributed by atoms with Crippen LogP contribution in [0.2, 0.25) is 0 Å². The quantitative estimate of drug-likeness (QED) is 0.865. The van der Waals surface area contributed by atoms with E-state index in [-0.39, 0.29) is 11.8 Å². The average Bonchev–Trinajstić information content (AvgIpc) is 3.23. The number of likely N-dealkylation sites (tertiary alicyclic amines) is 1. The molecule has 0 bridgehead atoms. The highest BCUT2D eigenvalue weighted by molar-refractivity contribution is 5.79. The molecule has 1 saturated heterocycles. The minimum absolute atomic E-state index is 0.166. The molecule has 126 valence electrons. The van der Waals surface area contributed by atoms with Gasteiger partial charge in [-0.2, -0.15) is 4.98 Å². The molecule has 0 spiro atoms. The Kier molecular flexibility index (Phi) is 3.96. The Morgan fingerprint density at radius 3 is 3.17 bits per heavy atom. The molecule has 1 aromatic carbocycles. The summed E-state index contributed by atoms with van der Waals surface area (Å²) in [6, 6.07) is 6.07. The van der Waals surface area contributed by atoms with E-state index in [4.69, 9.17) is 9.26 Å². The second-order valence-electron chi connectivity index (χ2n) is 6.57. The Morgan fingerprint density at radius 2 is 2.33 bits per heavy atom. The number of benzene rings is 1. The molecule has 0 radical (unpaired) electrons. The first kappa shape index (κ1) is 15.2. The second-order valence-corrected chi connectivity index (χ2v) is 6.57. The third-order valence-corrected chi connectivity index (χ3v) is 4.79. The molecule has 3 heterocycles. The molecule has 2 aliphatic rings. The fourth-order valence-electron chi connectivity index (χ4n) is 3.53. The molecular formula is C18H21N3O3. The second kappa shape index (κ2) is 6.26. The summed E-state index contributed by atoms with van der Waals surface area (Å²) in [5, 5.41) is 4.02. The van der Waals surface area contributed by atoms with Crippen molar-refractivity contribution in [1.29, 1.82) is 0 Å². The lowest BCUT2D eigenvalue weighted by molar-refractivity contribution is -0.131. The van der Waals surface area contributed by atoms with Gasteiger partial charge in [0.25, 0.3) is 0 Å². The van der Waals surface area contributed by atoms with Crippen molar-refractivity contribution in [1.82, 2.24) is 15.0 Å². The number of hydrogen-bond acceptors (Lipinski definition) is 5. The van der Waals surface area contributed by atoms with Crippen LogP contribution in [-0.2, 0) is 17.6 Å². The third-order valence-electron chi connectivity index (χ3n) is 4.79. The Balaban J connectivity index is 1.42. The van der Waals surface area contributed by atoms with E-state index in [1.165, 1.54) is 5.56 Å². The number of piperidine rings is 1. The van der Waals surface area contributed by atoms with Gasteiger partial charge >= 0.3 is 0 Å². The van der Waals surface area contributed by atoms with Crippen LogP contribution in [0.1, 0.15) is 41.6 Å². The molecular weight excluding hydrogens is 306 g/mol. The van der Waals surface area contributed by atoms with E-state index in [1.54, 1.807) is 6.92 Å². The lowest BCUT2D eigenvalue weighted by Gasteiger charge is -2.31. The highest BCUT2D eigenvalue weighted by Crippen LogP contribution is 2.28. The fraction of sp³-hybridized carbons (Fsp3) is 0.500. The van der Waals surface area contributed by atoms with Gasteiger partial charge in [-0.05, 0) is 30.0 Å². The first-order valence-electron chi connectivity index (χ1n) is 8.51. The molecule has 1 fully saturated rings. The van der Waals surface area contributed by atoms with E-state index >= 15 is 0 Å². The van der Waals surface area contributed by atoms with Crippen molar-refractivity contribution in [3.8, 4) is 5.75 Å². The highest BCUT2D eigenvalue weighted by Gasteiger charge is 2.27. The molecule has 6 heteroatoms. The first-order chi connectivity index (χ1) is 11.7. The summed E-state index contributed by atoms with van der Waals surface area (Å²) in [5.41, 5.74) is 2.26.